The van der Waals surface area contributed by atoms with E-state index in [0.29, 0.717) is 27.9 Å². The molecule has 2 aromatic carbocycles. The van der Waals surface area contributed by atoms with Gasteiger partial charge in [-0.15, -0.1) is 0 Å². The van der Waals surface area contributed by atoms with Crippen molar-refractivity contribution in [1.29, 1.82) is 0 Å². The van der Waals surface area contributed by atoms with Crippen molar-refractivity contribution in [1.82, 2.24) is 10.2 Å². The first-order valence-corrected chi connectivity index (χ1v) is 7.21. The summed E-state index contributed by atoms with van der Waals surface area (Å²) >= 11 is 0. The summed E-state index contributed by atoms with van der Waals surface area (Å²) in [5.41, 5.74) is 7.32. The van der Waals surface area contributed by atoms with Crippen LogP contribution in [0.4, 0.5) is 10.1 Å². The molecule has 0 aliphatic carbocycles. The largest absolute Gasteiger partial charge is 0.561 e. The molecule has 0 spiro atoms. The zero-order valence-corrected chi connectivity index (χ0v) is 13.1. The number of carbonyl (C=O) groups excluding carboxylic acids is 1. The minimum absolute atomic E-state index is 0.129. The number of aromatic nitrogens is 2. The fraction of sp³-hybridized carbons (Fsp3) is 0.0625. The molecule has 9 heteroatoms. The van der Waals surface area contributed by atoms with E-state index in [-0.39, 0.29) is 17.5 Å². The number of rotatable bonds is 5. The van der Waals surface area contributed by atoms with Crippen LogP contribution in [0.5, 0.6) is 5.75 Å². The molecule has 0 aliphatic heterocycles. The van der Waals surface area contributed by atoms with Crippen LogP contribution in [-0.4, -0.2) is 35.9 Å². The van der Waals surface area contributed by atoms with Crippen molar-refractivity contribution in [2.75, 3.05) is 12.8 Å². The molecule has 0 amide bonds. The van der Waals surface area contributed by atoms with Crippen LogP contribution in [0.15, 0.2) is 36.5 Å². The molecule has 0 saturated carbocycles. The van der Waals surface area contributed by atoms with Crippen LogP contribution in [0.1, 0.15) is 0 Å². The van der Waals surface area contributed by atoms with Crippen molar-refractivity contribution >= 4 is 35.6 Å². The van der Waals surface area contributed by atoms with Crippen LogP contribution in [-0.2, 0) is 9.45 Å². The number of hydrogen-bond acceptors (Lipinski definition) is 7. The molecule has 0 atom stereocenters. The monoisotopic (exact) mass is 341 g/mol. The molecular formula is C16H13BFN3O4. The Bertz CT molecular complexity index is 954. The topological polar surface area (TPSA) is 108 Å². The Morgan fingerprint density at radius 1 is 1.28 bits per heavy atom. The second kappa shape index (κ2) is 6.74. The van der Waals surface area contributed by atoms with E-state index in [9.17, 15) is 14.2 Å². The Hall–Kier alpha value is -3.20. The first kappa shape index (κ1) is 16.7. The van der Waals surface area contributed by atoms with Gasteiger partial charge < -0.3 is 20.1 Å². The molecule has 1 aromatic heterocycles. The zero-order valence-electron chi connectivity index (χ0n) is 13.1. The summed E-state index contributed by atoms with van der Waals surface area (Å²) in [6.07, 6.45) is 1.34. The highest BCUT2D eigenvalue weighted by Gasteiger charge is 2.21. The lowest BCUT2D eigenvalue weighted by Crippen LogP contribution is -2.33. The SMILES string of the molecule is COc1ccc(B(O)OC=O)cc1-c1cc2nncc(N)c2cc1F. The minimum Gasteiger partial charge on any atom is -0.508 e. The van der Waals surface area contributed by atoms with Crippen LogP contribution in [0.2, 0.25) is 0 Å². The van der Waals surface area contributed by atoms with Gasteiger partial charge in [0, 0.05) is 16.5 Å². The predicted octanol–water partition coefficient (Wildman–Crippen LogP) is 0.887. The number of nitrogens with zero attached hydrogens (tertiary/aromatic N) is 2. The molecule has 25 heavy (non-hydrogen) atoms. The zero-order chi connectivity index (χ0) is 18.0. The molecule has 3 rings (SSSR count). The van der Waals surface area contributed by atoms with Gasteiger partial charge in [-0.25, -0.2) is 4.39 Å². The molecule has 3 N–H and O–H groups in total. The lowest BCUT2D eigenvalue weighted by molar-refractivity contribution is -0.121. The van der Waals surface area contributed by atoms with Gasteiger partial charge in [0.2, 0.25) is 0 Å². The second-order valence-corrected chi connectivity index (χ2v) is 5.19. The van der Waals surface area contributed by atoms with Gasteiger partial charge in [0.05, 0.1) is 24.5 Å². The van der Waals surface area contributed by atoms with Crippen LogP contribution in [0, 0.1) is 5.82 Å². The van der Waals surface area contributed by atoms with Crippen molar-refractivity contribution in [3.05, 3.63) is 42.3 Å². The minimum atomic E-state index is -1.47. The molecule has 3 aromatic rings. The van der Waals surface area contributed by atoms with Crippen LogP contribution in [0.25, 0.3) is 22.0 Å². The average molecular weight is 341 g/mol. The number of anilines is 1. The van der Waals surface area contributed by atoms with Gasteiger partial charge in [-0.2, -0.15) is 10.2 Å². The molecule has 0 fully saturated rings. The summed E-state index contributed by atoms with van der Waals surface area (Å²) in [4.78, 5) is 10.4. The summed E-state index contributed by atoms with van der Waals surface area (Å²) in [5, 5.41) is 18.0. The summed E-state index contributed by atoms with van der Waals surface area (Å²) in [7, 11) is -0.0331. The van der Waals surface area contributed by atoms with Gasteiger partial charge in [-0.1, -0.05) is 6.07 Å². The highest BCUT2D eigenvalue weighted by Crippen LogP contribution is 2.34. The Morgan fingerprint density at radius 2 is 2.08 bits per heavy atom. The highest BCUT2D eigenvalue weighted by molar-refractivity contribution is 6.61. The fourth-order valence-corrected chi connectivity index (χ4v) is 2.53. The van der Waals surface area contributed by atoms with Crippen molar-refractivity contribution in [3.8, 4) is 16.9 Å². The van der Waals surface area contributed by atoms with Gasteiger partial charge in [0.1, 0.15) is 11.6 Å². The van der Waals surface area contributed by atoms with Crippen LogP contribution in [0.3, 0.4) is 0 Å². The van der Waals surface area contributed by atoms with Crippen molar-refractivity contribution in [2.45, 2.75) is 0 Å². The fourth-order valence-electron chi connectivity index (χ4n) is 2.53. The van der Waals surface area contributed by atoms with E-state index in [2.05, 4.69) is 14.9 Å². The molecular weight excluding hydrogens is 328 g/mol. The number of hydrogen-bond donors (Lipinski definition) is 2. The van der Waals surface area contributed by atoms with E-state index >= 15 is 0 Å². The number of methoxy groups -OCH3 is 1. The molecule has 0 radical (unpaired) electrons. The van der Waals surface area contributed by atoms with E-state index < -0.39 is 12.9 Å². The number of ether oxygens (including phenoxy) is 1. The molecule has 126 valence electrons. The number of carbonyl (C=O) groups is 1. The Balaban J connectivity index is 2.20. The van der Waals surface area contributed by atoms with Gasteiger partial charge in [0.15, 0.2) is 0 Å². The molecule has 7 nitrogen and oxygen atoms in total. The standard InChI is InChI=1S/C16H13BFN3O4/c1-24-16-3-2-9(17(23)25-8-22)4-11(16)10-6-15-12(5-13(10)18)14(19)7-20-21-15/h2-8,23H,1H3,(H2,19,21). The summed E-state index contributed by atoms with van der Waals surface area (Å²) in [5.74, 6) is -0.175. The molecule has 0 saturated heterocycles. The third-order valence-electron chi connectivity index (χ3n) is 3.74. The second-order valence-electron chi connectivity index (χ2n) is 5.19. The third-order valence-corrected chi connectivity index (χ3v) is 3.74. The first-order chi connectivity index (χ1) is 12.0. The first-order valence-electron chi connectivity index (χ1n) is 7.21. The number of nitrogens with two attached hydrogens (primary N) is 1. The smallest absolute Gasteiger partial charge is 0.508 e. The van der Waals surface area contributed by atoms with Crippen molar-refractivity contribution < 1.29 is 23.6 Å². The van der Waals surface area contributed by atoms with Crippen LogP contribution < -0.4 is 15.9 Å². The Labute approximate surface area is 142 Å². The van der Waals surface area contributed by atoms with E-state index in [1.54, 1.807) is 0 Å². The van der Waals surface area contributed by atoms with Crippen molar-refractivity contribution in [2.24, 2.45) is 0 Å². The third kappa shape index (κ3) is 3.09. The molecule has 1 heterocycles. The predicted molar refractivity (Wildman–Crippen MR) is 90.7 cm³/mol. The Morgan fingerprint density at radius 3 is 2.80 bits per heavy atom. The summed E-state index contributed by atoms with van der Waals surface area (Å²) in [6, 6.07) is 7.27. The van der Waals surface area contributed by atoms with Crippen molar-refractivity contribution in [3.63, 3.8) is 0 Å². The molecule has 0 unspecified atom stereocenters. The van der Waals surface area contributed by atoms with Gasteiger partial charge in [0.25, 0.3) is 6.47 Å². The van der Waals surface area contributed by atoms with Crippen LogP contribution >= 0.6 is 0 Å². The highest BCUT2D eigenvalue weighted by atomic mass is 19.1. The lowest BCUT2D eigenvalue weighted by Gasteiger charge is -2.13. The van der Waals surface area contributed by atoms with Gasteiger partial charge in [-0.05, 0) is 29.7 Å². The van der Waals surface area contributed by atoms with E-state index in [4.69, 9.17) is 10.5 Å². The maximum absolute atomic E-state index is 14.7. The normalized spacial score (nSPS) is 10.5. The lowest BCUT2D eigenvalue weighted by atomic mass is 9.78. The van der Waals surface area contributed by atoms with E-state index in [1.165, 1.54) is 43.6 Å². The Kier molecular flexibility index (Phi) is 4.49. The summed E-state index contributed by atoms with van der Waals surface area (Å²) < 4.78 is 24.4. The van der Waals surface area contributed by atoms with E-state index in [0.717, 1.165) is 0 Å². The number of halogens is 1. The van der Waals surface area contributed by atoms with Gasteiger partial charge in [-0.3, -0.25) is 4.79 Å². The van der Waals surface area contributed by atoms with Gasteiger partial charge >= 0.3 is 7.12 Å². The number of fused-ring (bicyclic) bond motifs is 1. The summed E-state index contributed by atoms with van der Waals surface area (Å²) in [6.45, 7) is 0.129. The number of nitrogen functional groups attached to an aromatic ring is 1. The maximum atomic E-state index is 14.7. The molecule has 0 bridgehead atoms. The maximum Gasteiger partial charge on any atom is 0.561 e. The average Bonchev–Trinajstić information content (AvgIpc) is 2.62. The molecule has 0 aliphatic rings. The number of benzene rings is 2. The van der Waals surface area contributed by atoms with E-state index in [1.807, 2.05) is 0 Å². The quantitative estimate of drug-likeness (QED) is 0.524.